The number of carbonyl (C=O) groups is 12. The third-order valence-corrected chi connectivity index (χ3v) is 34.3. The first-order valence-corrected chi connectivity index (χ1v) is 46.7. The van der Waals surface area contributed by atoms with E-state index < -0.39 is 21.7 Å². The summed E-state index contributed by atoms with van der Waals surface area (Å²) in [5.74, 6) is 4.33. The van der Waals surface area contributed by atoms with E-state index in [1.165, 1.54) is 0 Å². The molecule has 18 fully saturated rings. The number of hydrogen-bond donors (Lipinski definition) is 0. The van der Waals surface area contributed by atoms with Gasteiger partial charge < -0.3 is 61.6 Å². The Bertz CT molecular complexity index is 3820. The highest BCUT2D eigenvalue weighted by Crippen LogP contribution is 2.65. The first-order valence-electron chi connectivity index (χ1n) is 46.7. The van der Waals surface area contributed by atoms with E-state index in [9.17, 15) is 57.5 Å². The molecule has 0 amide bonds. The first-order chi connectivity index (χ1) is 56.8. The molecule has 6 aliphatic heterocycles. The van der Waals surface area contributed by atoms with E-state index in [1.54, 1.807) is 0 Å². The Balaban J connectivity index is 0.000000778. The summed E-state index contributed by atoms with van der Waals surface area (Å²) in [4.78, 5) is 145. The van der Waals surface area contributed by atoms with Gasteiger partial charge in [0, 0.05) is 65.8 Å². The molecular weight excluding hydrogens is 1690 g/mol. The smallest absolute Gasteiger partial charge is 0.312 e. The van der Waals surface area contributed by atoms with Gasteiger partial charge in [0.1, 0.15) is 36.6 Å². The molecule has 132 heavy (non-hydrogen) atoms. The Morgan fingerprint density at radius 3 is 1.14 bits per heavy atom. The van der Waals surface area contributed by atoms with Crippen molar-refractivity contribution in [1.29, 1.82) is 0 Å². The van der Waals surface area contributed by atoms with Crippen molar-refractivity contribution in [2.75, 3.05) is 46.2 Å². The fourth-order valence-electron chi connectivity index (χ4n) is 25.0. The van der Waals surface area contributed by atoms with Gasteiger partial charge in [-0.05, 0) is 239 Å². The second-order valence-electron chi connectivity index (χ2n) is 42.1. The lowest BCUT2D eigenvalue weighted by Crippen LogP contribution is -2.47. The quantitative estimate of drug-likeness (QED) is 0.0718. The van der Waals surface area contributed by atoms with Crippen LogP contribution in [0.4, 0.5) is 0 Å². The summed E-state index contributed by atoms with van der Waals surface area (Å²) in [5.41, 5.74) is -2.35. The Hall–Kier alpha value is -6.40. The minimum atomic E-state index is -0.486. The number of hydrogen-bond acceptors (Lipinski definition) is 25. The number of carbonyl (C=O) groups excluding carboxylic acids is 12. The maximum Gasteiger partial charge on any atom is 0.312 e. The lowest BCUT2D eigenvalue weighted by molar-refractivity contribution is -0.176. The number of esters is 12. The molecule has 2 spiro atoms. The molecule has 0 N–H and O–H groups in total. The molecule has 0 aromatic rings. The van der Waals surface area contributed by atoms with Crippen LogP contribution < -0.4 is 0 Å². The van der Waals surface area contributed by atoms with Gasteiger partial charge >= 0.3 is 71.6 Å². The van der Waals surface area contributed by atoms with Crippen molar-refractivity contribution in [1.82, 2.24) is 0 Å². The van der Waals surface area contributed by atoms with E-state index in [-0.39, 0.29) is 291 Å². The predicted molar refractivity (Wildman–Crippen MR) is 514 cm³/mol. The van der Waals surface area contributed by atoms with Gasteiger partial charge in [-0.2, -0.15) is 0 Å². The van der Waals surface area contributed by atoms with Crippen LogP contribution in [0.3, 0.4) is 0 Å². The molecule has 32 atom stereocenters. The lowest BCUT2D eigenvalue weighted by Gasteiger charge is -2.36. The van der Waals surface area contributed by atoms with Crippen molar-refractivity contribution in [3.05, 3.63) is 0 Å². The van der Waals surface area contributed by atoms with E-state index in [0.717, 1.165) is 141 Å². The third-order valence-electron chi connectivity index (χ3n) is 34.3. The van der Waals surface area contributed by atoms with Crippen molar-refractivity contribution in [2.45, 2.75) is 398 Å². The van der Waals surface area contributed by atoms with Crippen molar-refractivity contribution in [3.63, 3.8) is 0 Å². The summed E-state index contributed by atoms with van der Waals surface area (Å²) in [6, 6.07) is 0. The second-order valence-corrected chi connectivity index (χ2v) is 42.1. The highest BCUT2D eigenvalue weighted by Gasteiger charge is 2.69. The molecular formula is C107H190O25. The van der Waals surface area contributed by atoms with Crippen LogP contribution in [0.25, 0.3) is 0 Å². The molecule has 0 aromatic heterocycles. The van der Waals surface area contributed by atoms with Crippen molar-refractivity contribution >= 4 is 71.6 Å². The van der Waals surface area contributed by atoms with E-state index in [1.807, 2.05) is 118 Å². The number of cyclic esters (lactones) is 6. The molecule has 0 aromatic carbocycles. The van der Waals surface area contributed by atoms with E-state index in [4.69, 9.17) is 61.6 Å². The molecule has 25 nitrogen and oxygen atoms in total. The van der Waals surface area contributed by atoms with E-state index in [2.05, 4.69) is 6.92 Å². The largest absolute Gasteiger partial charge is 0.465 e. The molecule has 12 aliphatic carbocycles. The molecule has 12 bridgehead atoms. The molecule has 32 unspecified atom stereocenters. The summed E-state index contributed by atoms with van der Waals surface area (Å²) < 4.78 is 71.7. The summed E-state index contributed by atoms with van der Waals surface area (Å²) in [7, 11) is 0. The van der Waals surface area contributed by atoms with Crippen LogP contribution in [0, 0.1) is 169 Å². The Labute approximate surface area is 799 Å². The van der Waals surface area contributed by atoms with Crippen LogP contribution >= 0.6 is 0 Å². The molecule has 25 heteroatoms. The van der Waals surface area contributed by atoms with Gasteiger partial charge in [0.15, 0.2) is 0 Å². The van der Waals surface area contributed by atoms with Crippen LogP contribution in [0.1, 0.15) is 355 Å². The zero-order valence-electron chi connectivity index (χ0n) is 75.0. The maximum atomic E-state index is 12.5. The highest BCUT2D eigenvalue weighted by molar-refractivity contribution is 5.83. The maximum absolute atomic E-state index is 12.5. The van der Waals surface area contributed by atoms with Crippen LogP contribution in [0.2, 0.25) is 0 Å². The minimum Gasteiger partial charge on any atom is -0.465 e. The normalized spacial score (nSPS) is 36.8. The zero-order chi connectivity index (χ0) is 86.9. The number of rotatable bonds is 22. The molecule has 0 radical (unpaired) electrons. The van der Waals surface area contributed by atoms with Crippen molar-refractivity contribution in [2.24, 2.45) is 169 Å². The summed E-state index contributed by atoms with van der Waals surface area (Å²) in [5, 5.41) is 0. The van der Waals surface area contributed by atoms with Gasteiger partial charge in [0.25, 0.3) is 0 Å². The van der Waals surface area contributed by atoms with Crippen LogP contribution in [0.5, 0.6) is 0 Å². The summed E-state index contributed by atoms with van der Waals surface area (Å²) in [6.07, 6.45) is 19.2. The molecule has 6 heterocycles. The van der Waals surface area contributed by atoms with Crippen LogP contribution in [-0.2, 0) is 119 Å². The van der Waals surface area contributed by atoms with Crippen molar-refractivity contribution < 1.29 is 119 Å². The Morgan fingerprint density at radius 1 is 0.356 bits per heavy atom. The van der Waals surface area contributed by atoms with Gasteiger partial charge in [-0.25, -0.2) is 0 Å². The number of ether oxygens (including phenoxy) is 13. The standard InChI is InChI=1S/C17H26O5.C17H26O4.2C16H24O4.C15H22O4.C14H20O4.12CH4/c1-5-17(3,4)16(19)22-14-9-7-10(13(14)20-6-2)12-11(9)8-21-15(12)18;1-4-6-10-11-7-12(13-8-20-17(19)14(11)13)15(10)21-16(18)9(3)5-2;1-4-15(2,3)13(17)20-12-8-11-7-10(12)9-16(11)5-6-19-14(16)18;1-4-15(2,3)13(17)20-12-8-10-7-11(12)16(9-10)5-6-19-14(16)18;1-4-15(2,3)14(17)19-11-6-8-5-9(11)12-10(8)7-18-13(12)16;1-3-7(2)13(15)18-11-5-8-4-9(11)12-10(8)6-17-14(12)16;;;;;;;;;;;;/h9-14H,5-8H2,1-4H3;9-15H,4-8H2,1-3H3;2*10-12H,4-9H2,1-3H3;8-12H,4-7H2,1-3H3;7-12H,3-6H2,1-2H3;12*1H4. The third kappa shape index (κ3) is 23.1. The second kappa shape index (κ2) is 48.8. The lowest BCUT2D eigenvalue weighted by atomic mass is 9.71. The fraction of sp³-hybridized carbons (Fsp3) is 0.888. The average molecular weight is 1880 g/mol. The topological polar surface area (TPSA) is 325 Å². The average Bonchev–Trinajstić information content (AvgIpc) is 1.57. The predicted octanol–water partition coefficient (Wildman–Crippen LogP) is 21.9. The molecule has 12 saturated carbocycles. The SMILES string of the molecule is C.C.C.C.C.C.C.C.C.C.C.C.CCC(C)(C)C(=O)OC1CC2CC1C1(CCOC1=O)C2.CCC(C)(C)C(=O)OC1CC2CC1C1C(=O)OCC21.CCC(C)(C)C(=O)OC1CC2CC1CC21CCOC1=O.CCC(C)C(=O)OC1CC2CC1C1C(=O)OCC21.CCCC1C2CC(C3COC(=O)C32)C1OC(=O)C(C)CC.CCOC1C2CC(C3COC(=O)C32)C1OC(=O)C(C)(C)CC. The van der Waals surface area contributed by atoms with Gasteiger partial charge in [-0.15, -0.1) is 0 Å². The molecule has 6 saturated heterocycles. The van der Waals surface area contributed by atoms with E-state index >= 15 is 0 Å². The van der Waals surface area contributed by atoms with Gasteiger partial charge in [-0.1, -0.05) is 158 Å². The monoisotopic (exact) mass is 1880 g/mol. The minimum absolute atomic E-state index is 0. The molecule has 768 valence electrons. The number of fused-ring (bicyclic) bond motifs is 26. The van der Waals surface area contributed by atoms with Gasteiger partial charge in [0.05, 0.1) is 114 Å². The van der Waals surface area contributed by atoms with Crippen molar-refractivity contribution in [3.8, 4) is 0 Å². The molecule has 18 aliphatic rings. The van der Waals surface area contributed by atoms with E-state index in [0.29, 0.717) is 105 Å². The first kappa shape index (κ1) is 124. The Kier molecular flexibility index (Phi) is 45.7. The Morgan fingerprint density at radius 2 is 0.742 bits per heavy atom. The summed E-state index contributed by atoms with van der Waals surface area (Å²) in [6.45, 7) is 39.0. The van der Waals surface area contributed by atoms with Crippen LogP contribution in [0.15, 0.2) is 0 Å². The zero-order valence-corrected chi connectivity index (χ0v) is 75.0. The molecule has 18 rings (SSSR count). The highest BCUT2D eigenvalue weighted by atomic mass is 16.6. The summed E-state index contributed by atoms with van der Waals surface area (Å²) >= 11 is 0. The van der Waals surface area contributed by atoms with Crippen LogP contribution in [-0.4, -0.2) is 161 Å². The fourth-order valence-corrected chi connectivity index (χ4v) is 25.0. The van der Waals surface area contributed by atoms with Gasteiger partial charge in [-0.3, -0.25) is 57.5 Å². The van der Waals surface area contributed by atoms with Gasteiger partial charge in [0.2, 0.25) is 0 Å².